The van der Waals surface area contributed by atoms with Gasteiger partial charge in [0, 0.05) is 25.3 Å². The lowest BCUT2D eigenvalue weighted by molar-refractivity contribution is 0.0787. The van der Waals surface area contributed by atoms with E-state index >= 15 is 0 Å². The highest BCUT2D eigenvalue weighted by molar-refractivity contribution is 7.89. The fraction of sp³-hybridized carbons (Fsp3) is 0.667. The van der Waals surface area contributed by atoms with Crippen molar-refractivity contribution in [3.05, 3.63) is 18.0 Å². The predicted octanol–water partition coefficient (Wildman–Crippen LogP) is 0.656. The summed E-state index contributed by atoms with van der Waals surface area (Å²) in [6, 6.07) is 1.31. The van der Waals surface area contributed by atoms with Crippen LogP contribution in [-0.2, 0) is 10.0 Å². The number of sulfonamides is 1. The number of aromatic amines is 1. The number of likely N-dealkylation sites (tertiary alicyclic amines) is 1. The summed E-state index contributed by atoms with van der Waals surface area (Å²) >= 11 is 0. The molecule has 0 radical (unpaired) electrons. The smallest absolute Gasteiger partial charge is 0.270 e. The average molecular weight is 340 g/mol. The third-order valence-corrected chi connectivity index (χ3v) is 6.33. The first-order chi connectivity index (χ1) is 11.0. The maximum atomic E-state index is 12.5. The van der Waals surface area contributed by atoms with E-state index in [9.17, 15) is 13.2 Å². The first-order valence-electron chi connectivity index (χ1n) is 8.21. The minimum absolute atomic E-state index is 0.113. The van der Waals surface area contributed by atoms with Crippen LogP contribution in [0.2, 0.25) is 0 Å². The normalized spacial score (nSPS) is 25.2. The molecule has 2 aliphatic rings. The first kappa shape index (κ1) is 16.5. The second-order valence-corrected chi connectivity index (χ2v) is 8.12. The zero-order chi connectivity index (χ0) is 16.4. The molecule has 1 aromatic rings. The first-order valence-corrected chi connectivity index (χ1v) is 9.69. The Labute approximate surface area is 136 Å². The van der Waals surface area contributed by atoms with Crippen LogP contribution in [0.25, 0.3) is 0 Å². The van der Waals surface area contributed by atoms with Gasteiger partial charge in [-0.25, -0.2) is 13.1 Å². The summed E-state index contributed by atoms with van der Waals surface area (Å²) in [5.41, 5.74) is 6.03. The average Bonchev–Trinajstić information content (AvgIpc) is 3.27. The van der Waals surface area contributed by atoms with E-state index in [4.69, 9.17) is 5.73 Å². The topological polar surface area (TPSA) is 108 Å². The summed E-state index contributed by atoms with van der Waals surface area (Å²) in [5, 5.41) is 0. The van der Waals surface area contributed by atoms with E-state index in [0.717, 1.165) is 45.2 Å². The van der Waals surface area contributed by atoms with E-state index in [1.165, 1.54) is 12.3 Å². The van der Waals surface area contributed by atoms with E-state index in [1.54, 1.807) is 4.90 Å². The monoisotopic (exact) mass is 340 g/mol. The van der Waals surface area contributed by atoms with Crippen molar-refractivity contribution in [1.29, 1.82) is 0 Å². The van der Waals surface area contributed by atoms with Crippen molar-refractivity contribution in [1.82, 2.24) is 14.6 Å². The van der Waals surface area contributed by atoms with Gasteiger partial charge in [-0.3, -0.25) is 4.79 Å². The molecule has 2 atom stereocenters. The molecule has 1 aromatic heterocycles. The summed E-state index contributed by atoms with van der Waals surface area (Å²) in [7, 11) is -3.63. The van der Waals surface area contributed by atoms with Crippen molar-refractivity contribution in [3.63, 3.8) is 0 Å². The second kappa shape index (κ2) is 6.62. The Morgan fingerprint density at radius 3 is 2.74 bits per heavy atom. The van der Waals surface area contributed by atoms with Crippen molar-refractivity contribution in [3.8, 4) is 0 Å². The number of aromatic nitrogens is 1. The molecular formula is C15H24N4O3S. The molecule has 1 amide bonds. The molecule has 2 unspecified atom stereocenters. The summed E-state index contributed by atoms with van der Waals surface area (Å²) in [6.07, 6.45) is 6.14. The van der Waals surface area contributed by atoms with Crippen molar-refractivity contribution >= 4 is 15.9 Å². The van der Waals surface area contributed by atoms with Gasteiger partial charge in [-0.05, 0) is 44.2 Å². The molecule has 4 N–H and O–H groups in total. The highest BCUT2D eigenvalue weighted by Crippen LogP contribution is 2.26. The van der Waals surface area contributed by atoms with Gasteiger partial charge in [0.2, 0.25) is 10.0 Å². The highest BCUT2D eigenvalue weighted by Gasteiger charge is 2.31. The third-order valence-electron chi connectivity index (χ3n) is 4.86. The number of H-pyrrole nitrogens is 1. The van der Waals surface area contributed by atoms with Gasteiger partial charge in [0.15, 0.2) is 0 Å². The van der Waals surface area contributed by atoms with Gasteiger partial charge in [0.25, 0.3) is 5.91 Å². The zero-order valence-corrected chi connectivity index (χ0v) is 13.9. The lowest BCUT2D eigenvalue weighted by Gasteiger charge is -2.18. The SMILES string of the molecule is NCC1CCCC1NS(=O)(=O)c1c[nH]c(C(=O)N2CCCC2)c1. The van der Waals surface area contributed by atoms with Crippen molar-refractivity contribution < 1.29 is 13.2 Å². The number of rotatable bonds is 5. The van der Waals surface area contributed by atoms with Crippen LogP contribution in [0, 0.1) is 5.92 Å². The van der Waals surface area contributed by atoms with Crippen LogP contribution in [0.3, 0.4) is 0 Å². The van der Waals surface area contributed by atoms with Crippen LogP contribution in [0.4, 0.5) is 0 Å². The molecule has 1 saturated carbocycles. The standard InChI is InChI=1S/C15H24N4O3S/c16-9-11-4-3-5-13(11)18-23(21,22)12-8-14(17-10-12)15(20)19-6-1-2-7-19/h8,10-11,13,17-18H,1-7,9,16H2. The van der Waals surface area contributed by atoms with Gasteiger partial charge in [0.05, 0.1) is 0 Å². The molecule has 8 heteroatoms. The molecule has 1 saturated heterocycles. The molecule has 7 nitrogen and oxygen atoms in total. The van der Waals surface area contributed by atoms with Gasteiger partial charge in [-0.1, -0.05) is 6.42 Å². The van der Waals surface area contributed by atoms with E-state index in [-0.39, 0.29) is 22.8 Å². The van der Waals surface area contributed by atoms with E-state index < -0.39 is 10.0 Å². The molecule has 23 heavy (non-hydrogen) atoms. The Morgan fingerprint density at radius 1 is 1.30 bits per heavy atom. The van der Waals surface area contributed by atoms with Crippen LogP contribution < -0.4 is 10.5 Å². The quantitative estimate of drug-likeness (QED) is 0.731. The number of nitrogens with zero attached hydrogens (tertiary/aromatic N) is 1. The number of carbonyl (C=O) groups excluding carboxylic acids is 1. The van der Waals surface area contributed by atoms with Crippen LogP contribution >= 0.6 is 0 Å². The van der Waals surface area contributed by atoms with Crippen molar-refractivity contribution in [2.75, 3.05) is 19.6 Å². The Balaban J connectivity index is 1.72. The summed E-state index contributed by atoms with van der Waals surface area (Å²) in [5.74, 6) is 0.0547. The predicted molar refractivity (Wildman–Crippen MR) is 86.4 cm³/mol. The molecular weight excluding hydrogens is 316 g/mol. The Morgan fingerprint density at radius 2 is 2.04 bits per heavy atom. The molecule has 128 valence electrons. The number of amides is 1. The zero-order valence-electron chi connectivity index (χ0n) is 13.1. The van der Waals surface area contributed by atoms with E-state index in [2.05, 4.69) is 9.71 Å². The fourth-order valence-electron chi connectivity index (χ4n) is 3.49. The Hall–Kier alpha value is -1.38. The Kier molecular flexibility index (Phi) is 4.74. The molecule has 0 spiro atoms. The summed E-state index contributed by atoms with van der Waals surface area (Å²) in [4.78, 5) is 17.0. The lowest BCUT2D eigenvalue weighted by Crippen LogP contribution is -2.39. The number of nitrogens with one attached hydrogen (secondary N) is 2. The number of carbonyl (C=O) groups is 1. The molecule has 3 rings (SSSR count). The molecule has 1 aliphatic carbocycles. The molecule has 0 aromatic carbocycles. The van der Waals surface area contributed by atoms with Gasteiger partial charge in [-0.2, -0.15) is 0 Å². The van der Waals surface area contributed by atoms with Gasteiger partial charge >= 0.3 is 0 Å². The Bertz CT molecular complexity index is 664. The minimum Gasteiger partial charge on any atom is -0.356 e. The van der Waals surface area contributed by atoms with E-state index in [1.807, 2.05) is 0 Å². The van der Waals surface area contributed by atoms with Gasteiger partial charge in [0.1, 0.15) is 10.6 Å². The number of hydrogen-bond donors (Lipinski definition) is 3. The number of hydrogen-bond acceptors (Lipinski definition) is 4. The highest BCUT2D eigenvalue weighted by atomic mass is 32.2. The van der Waals surface area contributed by atoms with Crippen molar-refractivity contribution in [2.24, 2.45) is 11.7 Å². The summed E-state index contributed by atoms with van der Waals surface area (Å²) < 4.78 is 27.8. The molecule has 1 aliphatic heterocycles. The lowest BCUT2D eigenvalue weighted by atomic mass is 10.1. The molecule has 2 fully saturated rings. The van der Waals surface area contributed by atoms with Crippen molar-refractivity contribution in [2.45, 2.75) is 43.0 Å². The largest absolute Gasteiger partial charge is 0.356 e. The van der Waals surface area contributed by atoms with Crippen LogP contribution in [0.1, 0.15) is 42.6 Å². The minimum atomic E-state index is -3.63. The van der Waals surface area contributed by atoms with Crippen LogP contribution in [0.15, 0.2) is 17.2 Å². The second-order valence-electron chi connectivity index (χ2n) is 6.40. The third kappa shape index (κ3) is 3.44. The molecule has 0 bridgehead atoms. The fourth-order valence-corrected chi connectivity index (χ4v) is 4.82. The van der Waals surface area contributed by atoms with Gasteiger partial charge in [-0.15, -0.1) is 0 Å². The maximum absolute atomic E-state index is 12.5. The van der Waals surface area contributed by atoms with Gasteiger partial charge < -0.3 is 15.6 Å². The van der Waals surface area contributed by atoms with E-state index in [0.29, 0.717) is 12.2 Å². The van der Waals surface area contributed by atoms with Crippen LogP contribution in [0.5, 0.6) is 0 Å². The molecule has 2 heterocycles. The van der Waals surface area contributed by atoms with Crippen LogP contribution in [-0.4, -0.2) is 49.9 Å². The number of nitrogens with two attached hydrogens (primary N) is 1. The summed E-state index contributed by atoms with van der Waals surface area (Å²) in [6.45, 7) is 1.95. The maximum Gasteiger partial charge on any atom is 0.270 e.